The van der Waals surface area contributed by atoms with Gasteiger partial charge in [-0.1, -0.05) is 6.08 Å². The molecule has 4 heteroatoms. The zero-order valence-corrected chi connectivity index (χ0v) is 9.16. The van der Waals surface area contributed by atoms with Gasteiger partial charge in [-0.2, -0.15) is 0 Å². The summed E-state index contributed by atoms with van der Waals surface area (Å²) in [5, 5.41) is 8.63. The normalized spacial score (nSPS) is 16.4. The molecule has 0 aliphatic heterocycles. The van der Waals surface area contributed by atoms with Crippen molar-refractivity contribution in [2.75, 3.05) is 13.7 Å². The summed E-state index contributed by atoms with van der Waals surface area (Å²) in [6.45, 7) is 5.72. The highest BCUT2D eigenvalue weighted by Gasteiger charge is 2.22. The maximum atomic E-state index is 10.5. The number of methoxy groups -OCH3 is 1. The van der Waals surface area contributed by atoms with Crippen molar-refractivity contribution < 1.29 is 19.4 Å². The topological polar surface area (TPSA) is 55.8 Å². The lowest BCUT2D eigenvalue weighted by molar-refractivity contribution is -0.204. The standard InChI is InChI=1S/C10H18O4/c1-5-14-10(3,13-4)7-6-8(2)9(11)12/h6H,5,7H2,1-4H3,(H,11,12). The molecule has 0 spiro atoms. The molecule has 0 aromatic rings. The van der Waals surface area contributed by atoms with Gasteiger partial charge in [0.25, 0.3) is 0 Å². The van der Waals surface area contributed by atoms with E-state index in [0.29, 0.717) is 18.6 Å². The van der Waals surface area contributed by atoms with E-state index in [-0.39, 0.29) is 0 Å². The molecule has 0 amide bonds. The van der Waals surface area contributed by atoms with Crippen LogP contribution in [-0.2, 0) is 14.3 Å². The van der Waals surface area contributed by atoms with Crippen LogP contribution in [0, 0.1) is 0 Å². The molecule has 0 aliphatic carbocycles. The summed E-state index contributed by atoms with van der Waals surface area (Å²) >= 11 is 0. The van der Waals surface area contributed by atoms with Crippen LogP contribution >= 0.6 is 0 Å². The fourth-order valence-corrected chi connectivity index (χ4v) is 0.932. The van der Waals surface area contributed by atoms with Crippen LogP contribution < -0.4 is 0 Å². The van der Waals surface area contributed by atoms with Gasteiger partial charge in [-0.15, -0.1) is 0 Å². The maximum absolute atomic E-state index is 10.5. The molecule has 1 unspecified atom stereocenters. The molecule has 0 radical (unpaired) electrons. The number of carboxylic acids is 1. The Morgan fingerprint density at radius 1 is 1.57 bits per heavy atom. The summed E-state index contributed by atoms with van der Waals surface area (Å²) in [6.07, 6.45) is 2.02. The second-order valence-electron chi connectivity index (χ2n) is 3.17. The van der Waals surface area contributed by atoms with Crippen molar-refractivity contribution in [1.82, 2.24) is 0 Å². The molecule has 0 aromatic heterocycles. The van der Waals surface area contributed by atoms with Crippen molar-refractivity contribution in [2.24, 2.45) is 0 Å². The lowest BCUT2D eigenvalue weighted by atomic mass is 10.1. The maximum Gasteiger partial charge on any atom is 0.330 e. The highest BCUT2D eigenvalue weighted by molar-refractivity contribution is 5.85. The summed E-state index contributed by atoms with van der Waals surface area (Å²) in [5.41, 5.74) is 0.299. The van der Waals surface area contributed by atoms with Gasteiger partial charge in [-0.25, -0.2) is 4.79 Å². The first-order valence-electron chi connectivity index (χ1n) is 4.54. The Bertz CT molecular complexity index is 222. The minimum atomic E-state index is -0.917. The van der Waals surface area contributed by atoms with E-state index in [1.165, 1.54) is 0 Å². The highest BCUT2D eigenvalue weighted by Crippen LogP contribution is 2.17. The number of carbonyl (C=O) groups is 1. The molecule has 0 aliphatic rings. The Balaban J connectivity index is 4.32. The number of hydrogen-bond acceptors (Lipinski definition) is 3. The van der Waals surface area contributed by atoms with Crippen molar-refractivity contribution in [1.29, 1.82) is 0 Å². The molecule has 82 valence electrons. The van der Waals surface area contributed by atoms with Crippen LogP contribution in [0.1, 0.15) is 27.2 Å². The van der Waals surface area contributed by atoms with Crippen LogP contribution in [-0.4, -0.2) is 30.6 Å². The lowest BCUT2D eigenvalue weighted by Crippen LogP contribution is -2.30. The number of carboxylic acid groups (broad SMARTS) is 1. The number of hydrogen-bond donors (Lipinski definition) is 1. The van der Waals surface area contributed by atoms with Gasteiger partial charge in [-0.05, 0) is 20.8 Å². The third kappa shape index (κ3) is 4.39. The fraction of sp³-hybridized carbons (Fsp3) is 0.700. The number of rotatable bonds is 6. The van der Waals surface area contributed by atoms with E-state index in [2.05, 4.69) is 0 Å². The van der Waals surface area contributed by atoms with Crippen molar-refractivity contribution in [3.05, 3.63) is 11.6 Å². The van der Waals surface area contributed by atoms with Gasteiger partial charge in [0, 0.05) is 25.7 Å². The Hall–Kier alpha value is -0.870. The van der Waals surface area contributed by atoms with E-state index in [4.69, 9.17) is 14.6 Å². The summed E-state index contributed by atoms with van der Waals surface area (Å²) in [7, 11) is 1.54. The number of aliphatic carboxylic acids is 1. The fourth-order valence-electron chi connectivity index (χ4n) is 0.932. The lowest BCUT2D eigenvalue weighted by Gasteiger charge is -2.26. The molecule has 0 heterocycles. The summed E-state index contributed by atoms with van der Waals surface area (Å²) in [5.74, 6) is -1.65. The van der Waals surface area contributed by atoms with Gasteiger partial charge < -0.3 is 14.6 Å². The Kier molecular flexibility index (Phi) is 5.42. The van der Waals surface area contributed by atoms with Gasteiger partial charge >= 0.3 is 5.97 Å². The van der Waals surface area contributed by atoms with E-state index in [1.807, 2.05) is 6.92 Å². The van der Waals surface area contributed by atoms with E-state index in [1.54, 1.807) is 27.0 Å². The van der Waals surface area contributed by atoms with Crippen molar-refractivity contribution in [2.45, 2.75) is 33.0 Å². The zero-order valence-electron chi connectivity index (χ0n) is 9.16. The average Bonchev–Trinajstić information content (AvgIpc) is 2.14. The van der Waals surface area contributed by atoms with Crippen LogP contribution in [0.3, 0.4) is 0 Å². The van der Waals surface area contributed by atoms with Gasteiger partial charge in [0.05, 0.1) is 0 Å². The summed E-state index contributed by atoms with van der Waals surface area (Å²) < 4.78 is 10.5. The average molecular weight is 202 g/mol. The van der Waals surface area contributed by atoms with E-state index < -0.39 is 11.8 Å². The van der Waals surface area contributed by atoms with Crippen LogP contribution in [0.25, 0.3) is 0 Å². The Morgan fingerprint density at radius 2 is 2.14 bits per heavy atom. The van der Waals surface area contributed by atoms with Crippen LogP contribution in [0.2, 0.25) is 0 Å². The number of ether oxygens (including phenoxy) is 2. The van der Waals surface area contributed by atoms with Crippen LogP contribution in [0.15, 0.2) is 11.6 Å². The second-order valence-corrected chi connectivity index (χ2v) is 3.17. The molecule has 4 nitrogen and oxygen atoms in total. The SMILES string of the molecule is CCOC(C)(CC=C(C)C(=O)O)OC. The molecule has 0 saturated carbocycles. The van der Waals surface area contributed by atoms with Crippen molar-refractivity contribution in [3.63, 3.8) is 0 Å². The minimum absolute atomic E-state index is 0.299. The van der Waals surface area contributed by atoms with E-state index >= 15 is 0 Å². The first kappa shape index (κ1) is 13.1. The third-order valence-electron chi connectivity index (χ3n) is 2.00. The predicted octanol–water partition coefficient (Wildman–Crippen LogP) is 1.81. The predicted molar refractivity (Wildman–Crippen MR) is 53.0 cm³/mol. The first-order chi connectivity index (χ1) is 6.45. The molecule has 0 aromatic carbocycles. The minimum Gasteiger partial charge on any atom is -0.478 e. The molecular weight excluding hydrogens is 184 g/mol. The molecular formula is C10H18O4. The van der Waals surface area contributed by atoms with Gasteiger partial charge in [0.15, 0.2) is 5.79 Å². The van der Waals surface area contributed by atoms with Gasteiger partial charge in [-0.3, -0.25) is 0 Å². The molecule has 1 atom stereocenters. The molecule has 0 fully saturated rings. The van der Waals surface area contributed by atoms with E-state index in [9.17, 15) is 4.79 Å². The monoisotopic (exact) mass is 202 g/mol. The van der Waals surface area contributed by atoms with Crippen molar-refractivity contribution in [3.8, 4) is 0 Å². The largest absolute Gasteiger partial charge is 0.478 e. The van der Waals surface area contributed by atoms with Crippen LogP contribution in [0.5, 0.6) is 0 Å². The Labute approximate surface area is 84.5 Å². The highest BCUT2D eigenvalue weighted by atomic mass is 16.7. The summed E-state index contributed by atoms with van der Waals surface area (Å²) in [6, 6.07) is 0. The van der Waals surface area contributed by atoms with Gasteiger partial charge in [0.2, 0.25) is 0 Å². The van der Waals surface area contributed by atoms with E-state index in [0.717, 1.165) is 0 Å². The zero-order chi connectivity index (χ0) is 11.2. The second kappa shape index (κ2) is 5.78. The van der Waals surface area contributed by atoms with Crippen LogP contribution in [0.4, 0.5) is 0 Å². The molecule has 0 saturated heterocycles. The molecule has 0 rings (SSSR count). The third-order valence-corrected chi connectivity index (χ3v) is 2.00. The molecule has 1 N–H and O–H groups in total. The smallest absolute Gasteiger partial charge is 0.330 e. The quantitative estimate of drug-likeness (QED) is 0.527. The molecule has 0 bridgehead atoms. The van der Waals surface area contributed by atoms with Gasteiger partial charge in [0.1, 0.15) is 0 Å². The molecule has 14 heavy (non-hydrogen) atoms. The Morgan fingerprint density at radius 3 is 2.50 bits per heavy atom. The first-order valence-corrected chi connectivity index (χ1v) is 4.54. The van der Waals surface area contributed by atoms with Crippen molar-refractivity contribution >= 4 is 5.97 Å². The summed E-state index contributed by atoms with van der Waals surface area (Å²) in [4.78, 5) is 10.5.